The van der Waals surface area contributed by atoms with Crippen molar-refractivity contribution >= 4 is 5.91 Å². The number of aliphatic hydroxyl groups is 1. The van der Waals surface area contributed by atoms with Crippen LogP contribution in [0.4, 0.5) is 0 Å². The molecule has 1 amide bonds. The van der Waals surface area contributed by atoms with Crippen molar-refractivity contribution in [1.82, 2.24) is 10.6 Å². The van der Waals surface area contributed by atoms with Crippen LogP contribution in [0.2, 0.25) is 0 Å². The van der Waals surface area contributed by atoms with Gasteiger partial charge in [0.05, 0.1) is 12.6 Å². The standard InChI is InChI=1S/C17H26N2O2/c1-5-12(3)14-9-7-8-13(11-20)17(14)15(18-4)10-19-16(21)6-2/h6-9,12,15,18,20H,2,5,10-11H2,1,3-4H3,(H,19,21). The van der Waals surface area contributed by atoms with Gasteiger partial charge < -0.3 is 15.7 Å². The molecule has 0 radical (unpaired) electrons. The largest absolute Gasteiger partial charge is 0.392 e. The maximum Gasteiger partial charge on any atom is 0.243 e. The zero-order valence-corrected chi connectivity index (χ0v) is 13.1. The molecule has 3 N–H and O–H groups in total. The lowest BCUT2D eigenvalue weighted by molar-refractivity contribution is -0.116. The molecule has 21 heavy (non-hydrogen) atoms. The van der Waals surface area contributed by atoms with Gasteiger partial charge in [0.25, 0.3) is 0 Å². The summed E-state index contributed by atoms with van der Waals surface area (Å²) in [7, 11) is 1.86. The van der Waals surface area contributed by atoms with Crippen molar-refractivity contribution in [2.75, 3.05) is 13.6 Å². The first-order chi connectivity index (χ1) is 10.1. The Labute approximate surface area is 127 Å². The summed E-state index contributed by atoms with van der Waals surface area (Å²) in [6, 6.07) is 5.97. The van der Waals surface area contributed by atoms with Gasteiger partial charge in [0.2, 0.25) is 5.91 Å². The average molecular weight is 290 g/mol. The van der Waals surface area contributed by atoms with Crippen LogP contribution in [0.3, 0.4) is 0 Å². The lowest BCUT2D eigenvalue weighted by Gasteiger charge is -2.25. The molecule has 0 fully saturated rings. The van der Waals surface area contributed by atoms with Crippen molar-refractivity contribution in [3.8, 4) is 0 Å². The highest BCUT2D eigenvalue weighted by atomic mass is 16.3. The van der Waals surface area contributed by atoms with E-state index in [1.807, 2.05) is 19.2 Å². The first-order valence-electron chi connectivity index (χ1n) is 7.39. The second-order valence-electron chi connectivity index (χ2n) is 5.18. The van der Waals surface area contributed by atoms with E-state index in [1.54, 1.807) is 0 Å². The van der Waals surface area contributed by atoms with Crippen LogP contribution in [0.1, 0.15) is 48.9 Å². The number of carbonyl (C=O) groups is 1. The fourth-order valence-corrected chi connectivity index (χ4v) is 2.47. The summed E-state index contributed by atoms with van der Waals surface area (Å²) in [5.41, 5.74) is 3.21. The van der Waals surface area contributed by atoms with Gasteiger partial charge >= 0.3 is 0 Å². The fourth-order valence-electron chi connectivity index (χ4n) is 2.47. The number of amides is 1. The minimum Gasteiger partial charge on any atom is -0.392 e. The zero-order valence-electron chi connectivity index (χ0n) is 13.1. The zero-order chi connectivity index (χ0) is 15.8. The number of likely N-dealkylation sites (N-methyl/N-ethyl adjacent to an activating group) is 1. The van der Waals surface area contributed by atoms with Gasteiger partial charge in [-0.25, -0.2) is 0 Å². The predicted molar refractivity (Wildman–Crippen MR) is 86.1 cm³/mol. The monoisotopic (exact) mass is 290 g/mol. The summed E-state index contributed by atoms with van der Waals surface area (Å²) in [5.74, 6) is 0.208. The Bertz CT molecular complexity index is 486. The number of hydrogen-bond donors (Lipinski definition) is 3. The van der Waals surface area contributed by atoms with E-state index >= 15 is 0 Å². The Morgan fingerprint density at radius 1 is 1.48 bits per heavy atom. The van der Waals surface area contributed by atoms with E-state index in [2.05, 4.69) is 37.1 Å². The third-order valence-electron chi connectivity index (χ3n) is 3.91. The van der Waals surface area contributed by atoms with Crippen LogP contribution < -0.4 is 10.6 Å². The van der Waals surface area contributed by atoms with E-state index in [0.717, 1.165) is 17.5 Å². The lowest BCUT2D eigenvalue weighted by Crippen LogP contribution is -2.34. The first kappa shape index (κ1) is 17.4. The molecule has 116 valence electrons. The van der Waals surface area contributed by atoms with E-state index in [-0.39, 0.29) is 18.6 Å². The van der Waals surface area contributed by atoms with Gasteiger partial charge in [-0.15, -0.1) is 0 Å². The maximum absolute atomic E-state index is 11.4. The first-order valence-corrected chi connectivity index (χ1v) is 7.39. The van der Waals surface area contributed by atoms with Crippen molar-refractivity contribution in [2.24, 2.45) is 0 Å². The van der Waals surface area contributed by atoms with Crippen LogP contribution in [0.5, 0.6) is 0 Å². The van der Waals surface area contributed by atoms with Crippen molar-refractivity contribution in [1.29, 1.82) is 0 Å². The summed E-state index contributed by atoms with van der Waals surface area (Å²) in [5, 5.41) is 15.7. The van der Waals surface area contributed by atoms with Crippen molar-refractivity contribution in [3.63, 3.8) is 0 Å². The topological polar surface area (TPSA) is 61.4 Å². The predicted octanol–water partition coefficient (Wildman–Crippen LogP) is 2.26. The third-order valence-corrected chi connectivity index (χ3v) is 3.91. The van der Waals surface area contributed by atoms with Crippen LogP contribution >= 0.6 is 0 Å². The Hall–Kier alpha value is -1.65. The molecule has 0 heterocycles. The van der Waals surface area contributed by atoms with Crippen LogP contribution in [-0.4, -0.2) is 24.6 Å². The molecule has 4 heteroatoms. The van der Waals surface area contributed by atoms with Crippen molar-refractivity contribution in [2.45, 2.75) is 38.8 Å². The SMILES string of the molecule is C=CC(=O)NCC(NC)c1c(CO)cccc1C(C)CC. The molecule has 0 saturated carbocycles. The number of rotatable bonds is 8. The summed E-state index contributed by atoms with van der Waals surface area (Å²) in [6.45, 7) is 8.23. The van der Waals surface area contributed by atoms with E-state index in [4.69, 9.17) is 0 Å². The Balaban J connectivity index is 3.15. The van der Waals surface area contributed by atoms with Crippen LogP contribution in [0.15, 0.2) is 30.9 Å². The number of carbonyl (C=O) groups excluding carboxylic acids is 1. The molecule has 2 unspecified atom stereocenters. The van der Waals surface area contributed by atoms with Gasteiger partial charge in [-0.2, -0.15) is 0 Å². The molecule has 0 aliphatic carbocycles. The molecule has 4 nitrogen and oxygen atoms in total. The molecule has 1 rings (SSSR count). The van der Waals surface area contributed by atoms with Crippen molar-refractivity contribution < 1.29 is 9.90 Å². The average Bonchev–Trinajstić information content (AvgIpc) is 2.54. The third kappa shape index (κ3) is 4.41. The lowest BCUT2D eigenvalue weighted by atomic mass is 9.87. The van der Waals surface area contributed by atoms with Gasteiger partial charge in [-0.05, 0) is 42.2 Å². The molecular formula is C17H26N2O2. The molecule has 0 saturated heterocycles. The van der Waals surface area contributed by atoms with E-state index in [1.165, 1.54) is 11.6 Å². The second-order valence-corrected chi connectivity index (χ2v) is 5.18. The number of aliphatic hydroxyl groups excluding tert-OH is 1. The normalized spacial score (nSPS) is 13.5. The molecule has 1 aromatic carbocycles. The van der Waals surface area contributed by atoms with Crippen LogP contribution in [-0.2, 0) is 11.4 Å². The summed E-state index contributed by atoms with van der Waals surface area (Å²) < 4.78 is 0. The number of nitrogens with one attached hydrogen (secondary N) is 2. The van der Waals surface area contributed by atoms with Gasteiger partial charge in [0, 0.05) is 6.54 Å². The summed E-state index contributed by atoms with van der Waals surface area (Å²) >= 11 is 0. The molecule has 0 bridgehead atoms. The highest BCUT2D eigenvalue weighted by Gasteiger charge is 2.20. The van der Waals surface area contributed by atoms with E-state index in [0.29, 0.717) is 12.5 Å². The van der Waals surface area contributed by atoms with Crippen LogP contribution in [0.25, 0.3) is 0 Å². The van der Waals surface area contributed by atoms with Crippen LogP contribution in [0, 0.1) is 0 Å². The number of hydrogen-bond acceptors (Lipinski definition) is 3. The number of benzene rings is 1. The maximum atomic E-state index is 11.4. The van der Waals surface area contributed by atoms with Gasteiger partial charge in [0.15, 0.2) is 0 Å². The Morgan fingerprint density at radius 3 is 2.71 bits per heavy atom. The molecule has 0 aliphatic heterocycles. The molecule has 0 aliphatic rings. The quantitative estimate of drug-likeness (QED) is 0.644. The van der Waals surface area contributed by atoms with E-state index < -0.39 is 0 Å². The van der Waals surface area contributed by atoms with Crippen molar-refractivity contribution in [3.05, 3.63) is 47.5 Å². The Kier molecular flexibility index (Phi) is 7.12. The molecule has 0 spiro atoms. The smallest absolute Gasteiger partial charge is 0.243 e. The molecule has 2 atom stereocenters. The molecule has 0 aromatic heterocycles. The fraction of sp³-hybridized carbons (Fsp3) is 0.471. The molecule has 1 aromatic rings. The summed E-state index contributed by atoms with van der Waals surface area (Å²) in [6.07, 6.45) is 2.29. The van der Waals surface area contributed by atoms with Gasteiger partial charge in [-0.3, -0.25) is 4.79 Å². The highest BCUT2D eigenvalue weighted by molar-refractivity contribution is 5.86. The summed E-state index contributed by atoms with van der Waals surface area (Å²) in [4.78, 5) is 11.4. The minimum absolute atomic E-state index is 0.00675. The molecular weight excluding hydrogens is 264 g/mol. The Morgan fingerprint density at radius 2 is 2.19 bits per heavy atom. The van der Waals surface area contributed by atoms with Gasteiger partial charge in [-0.1, -0.05) is 38.6 Å². The van der Waals surface area contributed by atoms with Gasteiger partial charge in [0.1, 0.15) is 0 Å². The van der Waals surface area contributed by atoms with E-state index in [9.17, 15) is 9.90 Å². The highest BCUT2D eigenvalue weighted by Crippen LogP contribution is 2.30. The minimum atomic E-state index is -0.193. The second kappa shape index (κ2) is 8.60.